The maximum Gasteiger partial charge on any atom is 0.416 e. The number of nitrogens with zero attached hydrogens (tertiary/aromatic N) is 2. The highest BCUT2D eigenvalue weighted by molar-refractivity contribution is 14.1. The first-order valence-electron chi connectivity index (χ1n) is 13.5. The monoisotopic (exact) mass is 655 g/mol. The maximum atomic E-state index is 13.5. The summed E-state index contributed by atoms with van der Waals surface area (Å²) in [7, 11) is 0. The molecular formula is C31H31ClIN3O3. The molecule has 0 saturated carbocycles. The first-order chi connectivity index (χ1) is 19.0. The van der Waals surface area contributed by atoms with E-state index in [-0.39, 0.29) is 12.1 Å². The molecule has 1 N–H and O–H groups in total. The van der Waals surface area contributed by atoms with Crippen LogP contribution in [0.1, 0.15) is 42.1 Å². The van der Waals surface area contributed by atoms with Crippen LogP contribution < -0.4 is 9.47 Å². The zero-order valence-corrected chi connectivity index (χ0v) is 24.6. The van der Waals surface area contributed by atoms with Crippen molar-refractivity contribution >= 4 is 51.2 Å². The highest BCUT2D eigenvalue weighted by Crippen LogP contribution is 2.39. The van der Waals surface area contributed by atoms with E-state index in [1.807, 2.05) is 17.0 Å². The number of H-pyrrole nitrogens is 1. The number of aromatic nitrogens is 1. The fourth-order valence-electron chi connectivity index (χ4n) is 5.70. The minimum Gasteiger partial charge on any atom is -0.494 e. The molecule has 0 spiro atoms. The number of carbonyl (C=O) groups excluding carboxylic acids is 1. The van der Waals surface area contributed by atoms with Crippen LogP contribution in [0, 0.1) is 3.57 Å². The maximum absolute atomic E-state index is 13.5. The number of hydrogen-bond donors (Lipinski definition) is 1. The molecule has 0 radical (unpaired) electrons. The van der Waals surface area contributed by atoms with Crippen LogP contribution in [0.4, 0.5) is 4.79 Å². The number of benzene rings is 3. The molecule has 1 fully saturated rings. The van der Waals surface area contributed by atoms with Gasteiger partial charge in [-0.15, -0.1) is 0 Å². The van der Waals surface area contributed by atoms with Gasteiger partial charge in [-0.2, -0.15) is 0 Å². The van der Waals surface area contributed by atoms with E-state index < -0.39 is 0 Å². The van der Waals surface area contributed by atoms with Gasteiger partial charge in [-0.05, 0) is 127 Å². The van der Waals surface area contributed by atoms with E-state index in [9.17, 15) is 4.79 Å². The molecule has 1 saturated heterocycles. The second-order valence-corrected chi connectivity index (χ2v) is 11.9. The van der Waals surface area contributed by atoms with Crippen molar-refractivity contribution in [2.75, 3.05) is 32.8 Å². The molecule has 6 nitrogen and oxygen atoms in total. The molecule has 3 heterocycles. The lowest BCUT2D eigenvalue weighted by Gasteiger charge is -2.35. The minimum absolute atomic E-state index is 0.303. The Bertz CT molecular complexity index is 1450. The number of hydrogen-bond acceptors (Lipinski definition) is 4. The summed E-state index contributed by atoms with van der Waals surface area (Å²) in [5, 5.41) is 1.81. The molecule has 0 aliphatic carbocycles. The van der Waals surface area contributed by atoms with Crippen LogP contribution in [-0.2, 0) is 6.42 Å². The summed E-state index contributed by atoms with van der Waals surface area (Å²) in [6, 6.07) is 21.1. The number of likely N-dealkylation sites (tertiary alicyclic amines) is 1. The van der Waals surface area contributed by atoms with E-state index in [0.717, 1.165) is 41.9 Å². The van der Waals surface area contributed by atoms with Crippen LogP contribution in [0.5, 0.6) is 11.5 Å². The summed E-state index contributed by atoms with van der Waals surface area (Å²) >= 11 is 8.37. The molecule has 1 aromatic heterocycles. The summed E-state index contributed by atoms with van der Waals surface area (Å²) in [5.41, 5.74) is 4.38. The Morgan fingerprint density at radius 1 is 0.974 bits per heavy atom. The molecule has 8 heteroatoms. The molecule has 39 heavy (non-hydrogen) atoms. The van der Waals surface area contributed by atoms with Gasteiger partial charge in [0.25, 0.3) is 0 Å². The lowest BCUT2D eigenvalue weighted by molar-refractivity contribution is 0.135. The van der Waals surface area contributed by atoms with Gasteiger partial charge in [0.1, 0.15) is 17.5 Å². The number of carbonyl (C=O) groups is 1. The quantitative estimate of drug-likeness (QED) is 0.166. The molecule has 0 bridgehead atoms. The van der Waals surface area contributed by atoms with E-state index >= 15 is 0 Å². The van der Waals surface area contributed by atoms with Crippen molar-refractivity contribution in [1.82, 2.24) is 14.8 Å². The number of aromatic amines is 1. The Morgan fingerprint density at radius 2 is 1.72 bits per heavy atom. The standard InChI is InChI=1S/C31H31ClIN3O3/c32-22-6-11-25(12-7-22)39-31(37)36-18-14-26-27-20-23(33)8-13-28(27)34-29(26)30(36)21-4-9-24(10-5-21)38-19-3-17-35-15-1-2-16-35/h4-13,20,30,34H,1-3,14-19H2. The predicted octanol–water partition coefficient (Wildman–Crippen LogP) is 7.44. The summed E-state index contributed by atoms with van der Waals surface area (Å²) < 4.78 is 13.0. The molecule has 3 aromatic carbocycles. The minimum atomic E-state index is -0.386. The third-order valence-corrected chi connectivity index (χ3v) is 8.55. The van der Waals surface area contributed by atoms with Gasteiger partial charge in [-0.3, -0.25) is 4.90 Å². The normalized spacial score (nSPS) is 17.4. The zero-order valence-electron chi connectivity index (χ0n) is 21.7. The summed E-state index contributed by atoms with van der Waals surface area (Å²) in [6.07, 6.45) is 4.01. The average molecular weight is 656 g/mol. The third kappa shape index (κ3) is 5.90. The molecule has 4 aromatic rings. The first kappa shape index (κ1) is 26.5. The first-order valence-corrected chi connectivity index (χ1v) is 15.0. The van der Waals surface area contributed by atoms with Gasteiger partial charge in [0.05, 0.1) is 6.61 Å². The topological polar surface area (TPSA) is 57.8 Å². The SMILES string of the molecule is O=C(Oc1ccc(Cl)cc1)N1CCc2c([nH]c3ccc(I)cc23)C1c1ccc(OCCCN2CCCC2)cc1. The molecule has 202 valence electrons. The molecular weight excluding hydrogens is 625 g/mol. The van der Waals surface area contributed by atoms with Crippen LogP contribution in [0.25, 0.3) is 10.9 Å². The molecule has 1 amide bonds. The van der Waals surface area contributed by atoms with Crippen molar-refractivity contribution in [2.24, 2.45) is 0 Å². The highest BCUT2D eigenvalue weighted by atomic mass is 127. The second-order valence-electron chi connectivity index (χ2n) is 10.2. The fourth-order valence-corrected chi connectivity index (χ4v) is 6.31. The molecule has 1 unspecified atom stereocenters. The van der Waals surface area contributed by atoms with E-state index in [1.165, 1.54) is 40.5 Å². The van der Waals surface area contributed by atoms with Crippen LogP contribution in [0.3, 0.4) is 0 Å². The van der Waals surface area contributed by atoms with Gasteiger partial charge >= 0.3 is 6.09 Å². The van der Waals surface area contributed by atoms with Crippen molar-refractivity contribution in [3.05, 3.63) is 92.1 Å². The van der Waals surface area contributed by atoms with Crippen molar-refractivity contribution in [2.45, 2.75) is 31.7 Å². The van der Waals surface area contributed by atoms with Gasteiger partial charge in [0.2, 0.25) is 0 Å². The Labute approximate surface area is 247 Å². The van der Waals surface area contributed by atoms with E-state index in [1.54, 1.807) is 24.3 Å². The molecule has 1 atom stereocenters. The van der Waals surface area contributed by atoms with Gasteiger partial charge < -0.3 is 19.4 Å². The molecule has 6 rings (SSSR count). The van der Waals surface area contributed by atoms with E-state index in [2.05, 4.69) is 62.8 Å². The number of fused-ring (bicyclic) bond motifs is 3. The van der Waals surface area contributed by atoms with Crippen molar-refractivity contribution in [1.29, 1.82) is 0 Å². The Kier molecular flexibility index (Phi) is 7.99. The van der Waals surface area contributed by atoms with Gasteiger partial charge in [0.15, 0.2) is 0 Å². The van der Waals surface area contributed by atoms with Gasteiger partial charge in [-0.25, -0.2) is 4.79 Å². The zero-order chi connectivity index (χ0) is 26.8. The highest BCUT2D eigenvalue weighted by Gasteiger charge is 2.35. The van der Waals surface area contributed by atoms with Crippen molar-refractivity contribution in [3.8, 4) is 11.5 Å². The van der Waals surface area contributed by atoms with Crippen LogP contribution in [0.15, 0.2) is 66.7 Å². The predicted molar refractivity (Wildman–Crippen MR) is 163 cm³/mol. The third-order valence-electron chi connectivity index (χ3n) is 7.62. The Morgan fingerprint density at radius 3 is 2.49 bits per heavy atom. The lowest BCUT2D eigenvalue weighted by Crippen LogP contribution is -2.42. The van der Waals surface area contributed by atoms with E-state index in [4.69, 9.17) is 21.1 Å². The number of halogens is 2. The Balaban J connectivity index is 1.25. The van der Waals surface area contributed by atoms with Crippen molar-refractivity contribution < 1.29 is 14.3 Å². The summed E-state index contributed by atoms with van der Waals surface area (Å²) in [4.78, 5) is 21.4. The summed E-state index contributed by atoms with van der Waals surface area (Å²) in [5.74, 6) is 1.32. The molecule has 2 aliphatic heterocycles. The smallest absolute Gasteiger partial charge is 0.416 e. The fraction of sp³-hybridized carbons (Fsp3) is 0.323. The second kappa shape index (κ2) is 11.8. The van der Waals surface area contributed by atoms with Crippen LogP contribution >= 0.6 is 34.2 Å². The average Bonchev–Trinajstić information content (AvgIpc) is 3.60. The molecule has 2 aliphatic rings. The van der Waals surface area contributed by atoms with Crippen molar-refractivity contribution in [3.63, 3.8) is 0 Å². The van der Waals surface area contributed by atoms with Gasteiger partial charge in [0, 0.05) is 38.3 Å². The van der Waals surface area contributed by atoms with Gasteiger partial charge in [-0.1, -0.05) is 23.7 Å². The Hall–Kier alpha value is -2.75. The van der Waals surface area contributed by atoms with E-state index in [0.29, 0.717) is 23.9 Å². The number of rotatable bonds is 7. The van der Waals surface area contributed by atoms with Crippen LogP contribution in [0.2, 0.25) is 5.02 Å². The number of ether oxygens (including phenoxy) is 2. The van der Waals surface area contributed by atoms with Crippen LogP contribution in [-0.4, -0.2) is 53.7 Å². The largest absolute Gasteiger partial charge is 0.494 e. The number of amides is 1. The summed E-state index contributed by atoms with van der Waals surface area (Å²) in [6.45, 7) is 4.76. The number of nitrogens with one attached hydrogen (secondary N) is 1. The lowest BCUT2D eigenvalue weighted by atomic mass is 9.92.